The Bertz CT molecular complexity index is 597. The van der Waals surface area contributed by atoms with E-state index in [0.29, 0.717) is 23.5 Å². The second kappa shape index (κ2) is 6.10. The van der Waals surface area contributed by atoms with Gasteiger partial charge in [-0.1, -0.05) is 28.9 Å². The third-order valence-corrected chi connectivity index (χ3v) is 2.72. The van der Waals surface area contributed by atoms with E-state index >= 15 is 0 Å². The summed E-state index contributed by atoms with van der Waals surface area (Å²) in [6, 6.07) is 6.99. The van der Waals surface area contributed by atoms with Crippen molar-refractivity contribution in [2.45, 2.75) is 13.0 Å². The molecule has 0 saturated carbocycles. The highest BCUT2D eigenvalue weighted by Crippen LogP contribution is 2.20. The average molecular weight is 279 g/mol. The van der Waals surface area contributed by atoms with Crippen LogP contribution >= 0.6 is 11.6 Å². The first-order valence-corrected chi connectivity index (χ1v) is 5.96. The summed E-state index contributed by atoms with van der Waals surface area (Å²) in [7, 11) is 0. The number of anilines is 1. The van der Waals surface area contributed by atoms with Crippen LogP contribution in [0.3, 0.4) is 0 Å². The van der Waals surface area contributed by atoms with Crippen molar-refractivity contribution in [1.82, 2.24) is 15.0 Å². The van der Waals surface area contributed by atoms with Gasteiger partial charge in [0.1, 0.15) is 5.69 Å². The number of hydrogen-bond donors (Lipinski definition) is 1. The lowest BCUT2D eigenvalue weighted by atomic mass is 10.3. The van der Waals surface area contributed by atoms with Crippen molar-refractivity contribution in [2.75, 3.05) is 5.32 Å². The molecule has 2 aromatic rings. The monoisotopic (exact) mass is 278 g/mol. The van der Waals surface area contributed by atoms with Gasteiger partial charge < -0.3 is 5.32 Å². The van der Waals surface area contributed by atoms with Crippen molar-refractivity contribution in [3.05, 3.63) is 41.2 Å². The van der Waals surface area contributed by atoms with Crippen molar-refractivity contribution < 1.29 is 9.59 Å². The molecule has 1 heterocycles. The van der Waals surface area contributed by atoms with Gasteiger partial charge in [-0.15, -0.1) is 5.10 Å². The quantitative estimate of drug-likeness (QED) is 0.846. The summed E-state index contributed by atoms with van der Waals surface area (Å²) < 4.78 is 1.44. The molecule has 1 aromatic carbocycles. The topological polar surface area (TPSA) is 76.9 Å². The molecule has 0 spiro atoms. The number of aromatic nitrogens is 3. The maximum Gasteiger partial charge on any atom is 0.226 e. The molecular formula is C12H11ClN4O2. The highest BCUT2D eigenvalue weighted by Gasteiger charge is 2.06. The van der Waals surface area contributed by atoms with Crippen LogP contribution in [0.4, 0.5) is 5.69 Å². The molecule has 0 saturated heterocycles. The number of hydrogen-bond acceptors (Lipinski definition) is 4. The zero-order chi connectivity index (χ0) is 13.7. The van der Waals surface area contributed by atoms with E-state index in [0.717, 1.165) is 0 Å². The van der Waals surface area contributed by atoms with Crippen LogP contribution in [0.25, 0.3) is 0 Å². The predicted molar refractivity (Wildman–Crippen MR) is 70.1 cm³/mol. The third kappa shape index (κ3) is 3.62. The van der Waals surface area contributed by atoms with E-state index in [4.69, 9.17) is 11.6 Å². The smallest absolute Gasteiger partial charge is 0.226 e. The number of rotatable bonds is 5. The Morgan fingerprint density at radius 3 is 2.89 bits per heavy atom. The van der Waals surface area contributed by atoms with Gasteiger partial charge in [0.25, 0.3) is 0 Å². The summed E-state index contributed by atoms with van der Waals surface area (Å²) in [6.07, 6.45) is 2.30. The summed E-state index contributed by atoms with van der Waals surface area (Å²) >= 11 is 5.93. The fourth-order valence-corrected chi connectivity index (χ4v) is 1.65. The van der Waals surface area contributed by atoms with E-state index in [-0.39, 0.29) is 18.0 Å². The maximum absolute atomic E-state index is 11.7. The summed E-state index contributed by atoms with van der Waals surface area (Å²) in [6.45, 7) is 0.344. The lowest BCUT2D eigenvalue weighted by Gasteiger charge is -2.06. The van der Waals surface area contributed by atoms with Crippen molar-refractivity contribution in [2.24, 2.45) is 0 Å². The number of benzene rings is 1. The molecule has 7 heteroatoms. The van der Waals surface area contributed by atoms with E-state index < -0.39 is 0 Å². The molecule has 0 fully saturated rings. The zero-order valence-electron chi connectivity index (χ0n) is 9.91. The van der Waals surface area contributed by atoms with Crippen LogP contribution in [0, 0.1) is 0 Å². The largest absolute Gasteiger partial charge is 0.325 e. The van der Waals surface area contributed by atoms with Crippen LogP contribution in [0.5, 0.6) is 0 Å². The number of aryl methyl sites for hydroxylation is 1. The van der Waals surface area contributed by atoms with E-state index in [1.165, 1.54) is 10.9 Å². The standard InChI is InChI=1S/C12H11ClN4O2/c13-10-3-1-2-4-11(10)14-12(19)5-6-17-7-9(8-18)15-16-17/h1-4,7-8H,5-6H2,(H,14,19). The Kier molecular flexibility index (Phi) is 4.25. The molecule has 0 radical (unpaired) electrons. The Hall–Kier alpha value is -2.21. The van der Waals surface area contributed by atoms with Crippen LogP contribution in [0.2, 0.25) is 5.02 Å². The van der Waals surface area contributed by atoms with Crippen LogP contribution in [0.1, 0.15) is 16.9 Å². The number of carbonyl (C=O) groups is 2. The Morgan fingerprint density at radius 1 is 1.42 bits per heavy atom. The SMILES string of the molecule is O=Cc1cn(CCC(=O)Nc2ccccc2Cl)nn1. The van der Waals surface area contributed by atoms with Gasteiger partial charge in [0.2, 0.25) is 5.91 Å². The molecule has 1 amide bonds. The first-order chi connectivity index (χ1) is 9.19. The van der Waals surface area contributed by atoms with Gasteiger partial charge in [-0.2, -0.15) is 0 Å². The highest BCUT2D eigenvalue weighted by atomic mass is 35.5. The van der Waals surface area contributed by atoms with Gasteiger partial charge in [-0.05, 0) is 12.1 Å². The van der Waals surface area contributed by atoms with E-state index in [9.17, 15) is 9.59 Å². The first-order valence-electron chi connectivity index (χ1n) is 5.59. The van der Waals surface area contributed by atoms with Crippen molar-refractivity contribution in [3.8, 4) is 0 Å². The number of para-hydroxylation sites is 1. The van der Waals surface area contributed by atoms with Crippen LogP contribution in [-0.2, 0) is 11.3 Å². The Morgan fingerprint density at radius 2 is 2.21 bits per heavy atom. The third-order valence-electron chi connectivity index (χ3n) is 2.39. The maximum atomic E-state index is 11.7. The average Bonchev–Trinajstić information content (AvgIpc) is 2.87. The Balaban J connectivity index is 1.88. The molecule has 98 valence electrons. The highest BCUT2D eigenvalue weighted by molar-refractivity contribution is 6.33. The summed E-state index contributed by atoms with van der Waals surface area (Å²) in [4.78, 5) is 22.1. The molecule has 6 nitrogen and oxygen atoms in total. The molecular weight excluding hydrogens is 268 g/mol. The van der Waals surface area contributed by atoms with E-state index in [2.05, 4.69) is 15.6 Å². The van der Waals surface area contributed by atoms with Gasteiger partial charge in [0.05, 0.1) is 23.5 Å². The second-order valence-corrected chi connectivity index (χ2v) is 4.21. The molecule has 0 bridgehead atoms. The molecule has 0 unspecified atom stereocenters. The molecule has 19 heavy (non-hydrogen) atoms. The number of amides is 1. The van der Waals surface area contributed by atoms with Crippen LogP contribution < -0.4 is 5.32 Å². The van der Waals surface area contributed by atoms with Crippen molar-refractivity contribution >= 4 is 29.5 Å². The Labute approximate surface area is 114 Å². The molecule has 0 aliphatic rings. The minimum Gasteiger partial charge on any atom is -0.325 e. The summed E-state index contributed by atoms with van der Waals surface area (Å²) in [5.74, 6) is -0.184. The van der Waals surface area contributed by atoms with Crippen molar-refractivity contribution in [3.63, 3.8) is 0 Å². The number of nitrogens with zero attached hydrogens (tertiary/aromatic N) is 3. The summed E-state index contributed by atoms with van der Waals surface area (Å²) in [5, 5.41) is 10.5. The van der Waals surface area contributed by atoms with Gasteiger partial charge in [-0.25, -0.2) is 0 Å². The van der Waals surface area contributed by atoms with E-state index in [1.807, 2.05) is 0 Å². The van der Waals surface area contributed by atoms with Crippen LogP contribution in [-0.4, -0.2) is 27.2 Å². The lowest BCUT2D eigenvalue weighted by Crippen LogP contribution is -2.15. The first kappa shape index (κ1) is 13.2. The molecule has 1 aromatic heterocycles. The molecule has 1 N–H and O–H groups in total. The molecule has 0 aliphatic heterocycles. The van der Waals surface area contributed by atoms with E-state index in [1.54, 1.807) is 24.3 Å². The number of carbonyl (C=O) groups excluding carboxylic acids is 2. The number of halogens is 1. The molecule has 0 aliphatic carbocycles. The van der Waals surface area contributed by atoms with Gasteiger partial charge >= 0.3 is 0 Å². The van der Waals surface area contributed by atoms with Gasteiger partial charge in [0, 0.05) is 6.42 Å². The fraction of sp³-hybridized carbons (Fsp3) is 0.167. The minimum absolute atomic E-state index is 0.184. The second-order valence-electron chi connectivity index (χ2n) is 3.80. The lowest BCUT2D eigenvalue weighted by molar-refractivity contribution is -0.116. The van der Waals surface area contributed by atoms with Crippen molar-refractivity contribution in [1.29, 1.82) is 0 Å². The fourth-order valence-electron chi connectivity index (χ4n) is 1.47. The number of aldehydes is 1. The summed E-state index contributed by atoms with van der Waals surface area (Å²) in [5.41, 5.74) is 0.813. The van der Waals surface area contributed by atoms with Gasteiger partial charge in [-0.3, -0.25) is 14.3 Å². The minimum atomic E-state index is -0.184. The predicted octanol–water partition coefficient (Wildman–Crippen LogP) is 1.77. The van der Waals surface area contributed by atoms with Gasteiger partial charge in [0.15, 0.2) is 6.29 Å². The molecule has 0 atom stereocenters. The molecule has 2 rings (SSSR count). The van der Waals surface area contributed by atoms with Crippen LogP contribution in [0.15, 0.2) is 30.5 Å². The number of nitrogens with one attached hydrogen (secondary N) is 1. The normalized spacial score (nSPS) is 10.2. The zero-order valence-corrected chi connectivity index (χ0v) is 10.7.